The number of fused-ring (bicyclic) bond motifs is 1. The normalized spacial score (nSPS) is 18.7. The van der Waals surface area contributed by atoms with Gasteiger partial charge in [0.25, 0.3) is 5.91 Å². The first-order chi connectivity index (χ1) is 25.6. The number of para-hydroxylation sites is 1. The highest BCUT2D eigenvalue weighted by molar-refractivity contribution is 8.01. The number of aromatic nitrogens is 1. The van der Waals surface area contributed by atoms with Gasteiger partial charge in [0.15, 0.2) is 33.9 Å². The number of ether oxygens (including phenoxy) is 2. The maximum atomic E-state index is 14.2. The number of nitrogens with one attached hydrogen (secondary N) is 1. The summed E-state index contributed by atoms with van der Waals surface area (Å²) in [6, 6.07) is 30.2. The molecule has 0 bridgehead atoms. The molecule has 53 heavy (non-hydrogen) atoms. The van der Waals surface area contributed by atoms with E-state index in [0.29, 0.717) is 11.3 Å². The van der Waals surface area contributed by atoms with Crippen LogP contribution in [0, 0.1) is 35.0 Å². The minimum absolute atomic E-state index is 0.0342. The molecule has 1 aromatic heterocycles. The van der Waals surface area contributed by atoms with Crippen LogP contribution in [0.3, 0.4) is 0 Å². The van der Waals surface area contributed by atoms with E-state index in [4.69, 9.17) is 14.5 Å². The Morgan fingerprint density at radius 1 is 0.792 bits per heavy atom. The average Bonchev–Trinajstić information content (AvgIpc) is 3.61. The van der Waals surface area contributed by atoms with Crippen LogP contribution in [-0.2, 0) is 22.6 Å². The third-order valence-electron chi connectivity index (χ3n) is 9.08. The Kier molecular flexibility index (Phi) is 10.9. The zero-order valence-corrected chi connectivity index (χ0v) is 29.6. The van der Waals surface area contributed by atoms with Gasteiger partial charge in [0.1, 0.15) is 5.56 Å². The first kappa shape index (κ1) is 36.7. The van der Waals surface area contributed by atoms with Crippen molar-refractivity contribution >= 4 is 39.2 Å². The molecule has 6 aromatic rings. The second kappa shape index (κ2) is 15.7. The largest absolute Gasteiger partial charge is 0.392 e. The fourth-order valence-electron chi connectivity index (χ4n) is 6.18. The van der Waals surface area contributed by atoms with Crippen molar-refractivity contribution in [2.45, 2.75) is 42.9 Å². The van der Waals surface area contributed by atoms with Crippen LogP contribution in [0.1, 0.15) is 51.9 Å². The van der Waals surface area contributed by atoms with Gasteiger partial charge in [0.05, 0.1) is 29.0 Å². The van der Waals surface area contributed by atoms with E-state index in [2.05, 4.69) is 12.2 Å². The standard InChI is InChI=1S/C40H31F5N2O4S2/c1-21-29(20-52-40-47-28-10-2-3-11-30(28)53-40)50-39(51-37(21)24-14-12-22(19-48)13-15-24)27-9-5-8-26(17-27)25-7-4-6-23(16-25)18-46-38(49)31-32(41)34(43)36(45)35(44)33(31)42/h2-17,21,29,37,39,48H,18-20H2,1H3,(H,46,49)/t21-,29+,37+,39+/m1/s1. The molecule has 7 rings (SSSR count). The van der Waals surface area contributed by atoms with E-state index in [1.165, 1.54) is 0 Å². The molecule has 2 heterocycles. The van der Waals surface area contributed by atoms with Gasteiger partial charge in [0, 0.05) is 23.8 Å². The number of hydrogen-bond acceptors (Lipinski definition) is 7. The highest BCUT2D eigenvalue weighted by atomic mass is 32.2. The molecule has 2 N–H and O–H groups in total. The molecule has 13 heteroatoms. The summed E-state index contributed by atoms with van der Waals surface area (Å²) in [6.45, 7) is 1.78. The van der Waals surface area contributed by atoms with Gasteiger partial charge in [-0.15, -0.1) is 11.3 Å². The number of thiazole rings is 1. The minimum atomic E-state index is -2.34. The van der Waals surface area contributed by atoms with Gasteiger partial charge in [-0.2, -0.15) is 0 Å². The summed E-state index contributed by atoms with van der Waals surface area (Å²) in [5, 5.41) is 11.8. The van der Waals surface area contributed by atoms with Crippen LogP contribution in [-0.4, -0.2) is 27.9 Å². The van der Waals surface area contributed by atoms with Crippen LogP contribution in [0.2, 0.25) is 0 Å². The number of thioether (sulfide) groups is 1. The predicted molar refractivity (Wildman–Crippen MR) is 193 cm³/mol. The number of rotatable bonds is 10. The zero-order chi connectivity index (χ0) is 37.2. The number of amides is 1. The quantitative estimate of drug-likeness (QED) is 0.0627. The van der Waals surface area contributed by atoms with Crippen molar-refractivity contribution in [2.75, 3.05) is 5.75 Å². The fourth-order valence-corrected chi connectivity index (χ4v) is 8.43. The van der Waals surface area contributed by atoms with Crippen molar-refractivity contribution in [1.82, 2.24) is 10.3 Å². The molecule has 6 nitrogen and oxygen atoms in total. The number of halogens is 5. The lowest BCUT2D eigenvalue weighted by atomic mass is 9.91. The second-order valence-electron chi connectivity index (χ2n) is 12.5. The molecule has 1 amide bonds. The summed E-state index contributed by atoms with van der Waals surface area (Å²) in [4.78, 5) is 17.3. The Morgan fingerprint density at radius 2 is 1.47 bits per heavy atom. The summed E-state index contributed by atoms with van der Waals surface area (Å²) in [5.41, 5.74) is 3.93. The molecule has 272 valence electrons. The highest BCUT2D eigenvalue weighted by Crippen LogP contribution is 2.44. The molecule has 0 aliphatic carbocycles. The van der Waals surface area contributed by atoms with Crippen LogP contribution in [0.15, 0.2) is 101 Å². The van der Waals surface area contributed by atoms with Gasteiger partial charge in [-0.05, 0) is 52.1 Å². The van der Waals surface area contributed by atoms with E-state index >= 15 is 0 Å². The van der Waals surface area contributed by atoms with Crippen molar-refractivity contribution in [3.63, 3.8) is 0 Å². The number of aliphatic hydroxyl groups is 1. The third-order valence-corrected chi connectivity index (χ3v) is 11.3. The van der Waals surface area contributed by atoms with Crippen molar-refractivity contribution in [2.24, 2.45) is 5.92 Å². The lowest BCUT2D eigenvalue weighted by Crippen LogP contribution is -2.38. The zero-order valence-electron chi connectivity index (χ0n) is 28.0. The van der Waals surface area contributed by atoms with E-state index in [1.54, 1.807) is 41.3 Å². The van der Waals surface area contributed by atoms with Crippen molar-refractivity contribution in [3.05, 3.63) is 154 Å². The monoisotopic (exact) mass is 762 g/mol. The fraction of sp³-hybridized carbons (Fsp3) is 0.200. The molecule has 1 aliphatic rings. The predicted octanol–water partition coefficient (Wildman–Crippen LogP) is 9.66. The molecule has 1 fully saturated rings. The summed E-state index contributed by atoms with van der Waals surface area (Å²) in [7, 11) is 0. The van der Waals surface area contributed by atoms with Gasteiger partial charge in [0.2, 0.25) is 5.82 Å². The van der Waals surface area contributed by atoms with Crippen LogP contribution >= 0.6 is 23.1 Å². The average molecular weight is 763 g/mol. The molecule has 5 aromatic carbocycles. The number of nitrogens with zero attached hydrogens (tertiary/aromatic N) is 1. The van der Waals surface area contributed by atoms with Gasteiger partial charge in [-0.25, -0.2) is 26.9 Å². The minimum Gasteiger partial charge on any atom is -0.392 e. The summed E-state index contributed by atoms with van der Waals surface area (Å²) >= 11 is 3.27. The van der Waals surface area contributed by atoms with E-state index in [0.717, 1.165) is 42.4 Å². The van der Waals surface area contributed by atoms with Crippen molar-refractivity contribution < 1.29 is 41.3 Å². The summed E-state index contributed by atoms with van der Waals surface area (Å²) < 4.78 is 84.6. The van der Waals surface area contributed by atoms with Gasteiger partial charge >= 0.3 is 0 Å². The van der Waals surface area contributed by atoms with Crippen LogP contribution in [0.5, 0.6) is 0 Å². The SMILES string of the molecule is C[C@@H]1[C@H](CSc2nc3ccccc3s2)O[C@H](c2cccc(-c3cccc(CNC(=O)c4c(F)c(F)c(F)c(F)c4F)c3)c2)O[C@@H]1c1ccc(CO)cc1. The van der Waals surface area contributed by atoms with Gasteiger partial charge in [-0.3, -0.25) is 4.79 Å². The molecule has 0 saturated carbocycles. The van der Waals surface area contributed by atoms with E-state index in [9.17, 15) is 31.9 Å². The van der Waals surface area contributed by atoms with E-state index in [-0.39, 0.29) is 31.3 Å². The number of aliphatic hydroxyl groups excluding tert-OH is 1. The third kappa shape index (κ3) is 7.71. The first-order valence-corrected chi connectivity index (χ1v) is 18.4. The maximum Gasteiger partial charge on any atom is 0.257 e. The topological polar surface area (TPSA) is 80.7 Å². The molecule has 0 unspecified atom stereocenters. The molecule has 0 radical (unpaired) electrons. The number of benzene rings is 5. The molecule has 0 spiro atoms. The number of carbonyl (C=O) groups is 1. The maximum absolute atomic E-state index is 14.2. The van der Waals surface area contributed by atoms with Crippen LogP contribution in [0.4, 0.5) is 22.0 Å². The van der Waals surface area contributed by atoms with Crippen LogP contribution < -0.4 is 5.32 Å². The molecule has 4 atom stereocenters. The molecule has 1 saturated heterocycles. The van der Waals surface area contributed by atoms with E-state index in [1.807, 2.05) is 78.9 Å². The van der Waals surface area contributed by atoms with Crippen molar-refractivity contribution in [1.29, 1.82) is 0 Å². The van der Waals surface area contributed by atoms with Gasteiger partial charge < -0.3 is 19.9 Å². The molecular weight excluding hydrogens is 732 g/mol. The first-order valence-electron chi connectivity index (χ1n) is 16.6. The number of carbonyl (C=O) groups excluding carboxylic acids is 1. The molecule has 1 aliphatic heterocycles. The second-order valence-corrected chi connectivity index (χ2v) is 14.8. The summed E-state index contributed by atoms with van der Waals surface area (Å²) in [5.74, 6) is -12.0. The smallest absolute Gasteiger partial charge is 0.257 e. The lowest BCUT2D eigenvalue weighted by Gasteiger charge is -2.41. The van der Waals surface area contributed by atoms with Crippen molar-refractivity contribution in [3.8, 4) is 11.1 Å². The number of hydrogen-bond donors (Lipinski definition) is 2. The lowest BCUT2D eigenvalue weighted by molar-refractivity contribution is -0.268. The Morgan fingerprint density at radius 3 is 2.19 bits per heavy atom. The highest BCUT2D eigenvalue weighted by Gasteiger charge is 2.38. The van der Waals surface area contributed by atoms with E-state index < -0.39 is 46.8 Å². The Bertz CT molecular complexity index is 2220. The van der Waals surface area contributed by atoms with Crippen LogP contribution in [0.25, 0.3) is 21.3 Å². The summed E-state index contributed by atoms with van der Waals surface area (Å²) in [6.07, 6.45) is -1.28. The Labute approximate surface area is 309 Å². The Hall–Kier alpha value is -4.66. The molecular formula is C40H31F5N2O4S2. The van der Waals surface area contributed by atoms with Gasteiger partial charge in [-0.1, -0.05) is 91.5 Å². The Balaban J connectivity index is 1.11.